The summed E-state index contributed by atoms with van der Waals surface area (Å²) < 4.78 is 0. The number of nitrogens with two attached hydrogens (primary N) is 1. The molecule has 0 radical (unpaired) electrons. The van der Waals surface area contributed by atoms with Crippen LogP contribution in [0, 0.1) is 5.92 Å². The van der Waals surface area contributed by atoms with E-state index in [0.717, 1.165) is 5.69 Å². The number of hydrogen-bond acceptors (Lipinski definition) is 1. The standard InChI is InChI=1S/C25H23N/c26-20-15-16-22-21-13-7-8-14-23(21)25(24(22)17-20,18-9-3-1-4-10-18)19-11-5-2-6-12-19/h1,3-5,7-11,13-17,19H,2,6,12,26H2. The summed E-state index contributed by atoms with van der Waals surface area (Å²) in [5.74, 6) is 0.447. The zero-order chi connectivity index (χ0) is 17.6. The minimum absolute atomic E-state index is 0.153. The summed E-state index contributed by atoms with van der Waals surface area (Å²) in [6.07, 6.45) is 8.45. The van der Waals surface area contributed by atoms with E-state index in [0.29, 0.717) is 5.92 Å². The summed E-state index contributed by atoms with van der Waals surface area (Å²) in [4.78, 5) is 0. The maximum Gasteiger partial charge on any atom is 0.0526 e. The maximum absolute atomic E-state index is 6.28. The molecule has 0 amide bonds. The van der Waals surface area contributed by atoms with Crippen LogP contribution in [0.3, 0.4) is 0 Å². The molecule has 2 atom stereocenters. The van der Waals surface area contributed by atoms with Gasteiger partial charge in [-0.25, -0.2) is 0 Å². The van der Waals surface area contributed by atoms with Crippen LogP contribution in [0.15, 0.2) is 84.9 Å². The maximum atomic E-state index is 6.28. The summed E-state index contributed by atoms with van der Waals surface area (Å²) in [7, 11) is 0. The number of rotatable bonds is 2. The molecule has 0 heterocycles. The topological polar surface area (TPSA) is 26.0 Å². The second-order valence-electron chi connectivity index (χ2n) is 7.49. The molecule has 128 valence electrons. The highest BCUT2D eigenvalue weighted by Gasteiger charge is 2.49. The van der Waals surface area contributed by atoms with Gasteiger partial charge in [-0.05, 0) is 65.1 Å². The molecule has 1 nitrogen and oxygen atoms in total. The van der Waals surface area contributed by atoms with Gasteiger partial charge in [0.05, 0.1) is 5.41 Å². The highest BCUT2D eigenvalue weighted by Crippen LogP contribution is 2.58. The average molecular weight is 337 g/mol. The third kappa shape index (κ3) is 2.03. The van der Waals surface area contributed by atoms with Crippen LogP contribution in [-0.2, 0) is 5.41 Å². The van der Waals surface area contributed by atoms with E-state index in [-0.39, 0.29) is 5.41 Å². The molecular formula is C25H23N. The quantitative estimate of drug-likeness (QED) is 0.454. The summed E-state index contributed by atoms with van der Waals surface area (Å²) in [6, 6.07) is 26.4. The van der Waals surface area contributed by atoms with Crippen molar-refractivity contribution in [2.24, 2.45) is 5.92 Å². The van der Waals surface area contributed by atoms with E-state index in [1.54, 1.807) is 0 Å². The molecule has 2 N–H and O–H groups in total. The number of nitrogen functional groups attached to an aromatic ring is 1. The van der Waals surface area contributed by atoms with Gasteiger partial charge in [-0.15, -0.1) is 0 Å². The van der Waals surface area contributed by atoms with Gasteiger partial charge in [0.25, 0.3) is 0 Å². The van der Waals surface area contributed by atoms with Gasteiger partial charge < -0.3 is 5.73 Å². The zero-order valence-electron chi connectivity index (χ0n) is 14.9. The van der Waals surface area contributed by atoms with Gasteiger partial charge in [-0.3, -0.25) is 0 Å². The lowest BCUT2D eigenvalue weighted by molar-refractivity contribution is 0.405. The lowest BCUT2D eigenvalue weighted by atomic mass is 9.62. The molecule has 0 aromatic heterocycles. The average Bonchev–Trinajstić information content (AvgIpc) is 3.00. The van der Waals surface area contributed by atoms with E-state index < -0.39 is 0 Å². The Morgan fingerprint density at radius 3 is 2.38 bits per heavy atom. The van der Waals surface area contributed by atoms with Crippen LogP contribution in [0.5, 0.6) is 0 Å². The van der Waals surface area contributed by atoms with E-state index in [2.05, 4.69) is 78.9 Å². The molecule has 5 rings (SSSR count). The fraction of sp³-hybridized carbons (Fsp3) is 0.200. The third-order valence-corrected chi connectivity index (χ3v) is 6.15. The smallest absolute Gasteiger partial charge is 0.0526 e. The lowest BCUT2D eigenvalue weighted by Gasteiger charge is -2.40. The molecule has 0 saturated heterocycles. The van der Waals surface area contributed by atoms with E-state index in [1.807, 2.05) is 6.07 Å². The predicted molar refractivity (Wildman–Crippen MR) is 109 cm³/mol. The molecular weight excluding hydrogens is 314 g/mol. The first-order valence-corrected chi connectivity index (χ1v) is 9.54. The molecule has 0 fully saturated rings. The zero-order valence-corrected chi connectivity index (χ0v) is 14.9. The molecule has 0 bridgehead atoms. The fourth-order valence-electron chi connectivity index (χ4n) is 5.13. The Morgan fingerprint density at radius 2 is 1.58 bits per heavy atom. The highest BCUT2D eigenvalue weighted by atomic mass is 14.6. The van der Waals surface area contributed by atoms with Gasteiger partial charge in [0.2, 0.25) is 0 Å². The normalized spacial score (nSPS) is 23.5. The van der Waals surface area contributed by atoms with Gasteiger partial charge in [-0.2, -0.15) is 0 Å². The molecule has 3 aromatic carbocycles. The number of hydrogen-bond donors (Lipinski definition) is 1. The molecule has 3 aromatic rings. The summed E-state index contributed by atoms with van der Waals surface area (Å²) in [5, 5.41) is 0. The van der Waals surface area contributed by atoms with Crippen molar-refractivity contribution in [3.8, 4) is 11.1 Å². The van der Waals surface area contributed by atoms with Gasteiger partial charge >= 0.3 is 0 Å². The minimum atomic E-state index is -0.153. The van der Waals surface area contributed by atoms with Crippen LogP contribution in [0.25, 0.3) is 11.1 Å². The van der Waals surface area contributed by atoms with E-state index in [1.165, 1.54) is 47.1 Å². The van der Waals surface area contributed by atoms with Gasteiger partial charge in [0.1, 0.15) is 0 Å². The van der Waals surface area contributed by atoms with Crippen molar-refractivity contribution in [1.82, 2.24) is 0 Å². The second-order valence-corrected chi connectivity index (χ2v) is 7.49. The Hall–Kier alpha value is -2.80. The molecule has 1 heteroatoms. The van der Waals surface area contributed by atoms with Crippen LogP contribution in [0.2, 0.25) is 0 Å². The van der Waals surface area contributed by atoms with Gasteiger partial charge in [0, 0.05) is 5.69 Å². The van der Waals surface area contributed by atoms with Crippen molar-refractivity contribution in [1.29, 1.82) is 0 Å². The SMILES string of the molecule is Nc1ccc2c(c1)C(c1ccccc1)(C1C=CCCC1)c1ccccc1-2. The van der Waals surface area contributed by atoms with Crippen molar-refractivity contribution in [3.05, 3.63) is 102 Å². The molecule has 0 aliphatic heterocycles. The van der Waals surface area contributed by atoms with Crippen molar-refractivity contribution in [2.75, 3.05) is 5.73 Å². The Balaban J connectivity index is 1.91. The Kier molecular flexibility index (Phi) is 3.49. The van der Waals surface area contributed by atoms with E-state index in [4.69, 9.17) is 5.73 Å². The summed E-state index contributed by atoms with van der Waals surface area (Å²) in [5.41, 5.74) is 13.8. The Morgan fingerprint density at radius 1 is 0.808 bits per heavy atom. The minimum Gasteiger partial charge on any atom is -0.399 e. The van der Waals surface area contributed by atoms with Crippen molar-refractivity contribution < 1.29 is 0 Å². The van der Waals surface area contributed by atoms with Crippen LogP contribution in [0.1, 0.15) is 36.0 Å². The summed E-state index contributed by atoms with van der Waals surface area (Å²) >= 11 is 0. The van der Waals surface area contributed by atoms with Crippen LogP contribution >= 0.6 is 0 Å². The summed E-state index contributed by atoms with van der Waals surface area (Å²) in [6.45, 7) is 0. The van der Waals surface area contributed by atoms with Crippen molar-refractivity contribution in [3.63, 3.8) is 0 Å². The number of fused-ring (bicyclic) bond motifs is 3. The largest absolute Gasteiger partial charge is 0.399 e. The first-order valence-electron chi connectivity index (χ1n) is 9.54. The van der Waals surface area contributed by atoms with E-state index in [9.17, 15) is 0 Å². The fourth-order valence-corrected chi connectivity index (χ4v) is 5.13. The molecule has 2 unspecified atom stereocenters. The first-order chi connectivity index (χ1) is 12.8. The Labute approximate surface area is 155 Å². The predicted octanol–water partition coefficient (Wildman–Crippen LogP) is 5.94. The number of anilines is 1. The van der Waals surface area contributed by atoms with Crippen molar-refractivity contribution >= 4 is 5.69 Å². The lowest BCUT2D eigenvalue weighted by Crippen LogP contribution is -2.36. The number of benzene rings is 3. The first kappa shape index (κ1) is 15.5. The Bertz CT molecular complexity index is 986. The van der Waals surface area contributed by atoms with Gasteiger partial charge in [-0.1, -0.05) is 72.8 Å². The molecule has 2 aliphatic carbocycles. The molecule has 26 heavy (non-hydrogen) atoms. The third-order valence-electron chi connectivity index (χ3n) is 6.15. The monoisotopic (exact) mass is 337 g/mol. The molecule has 2 aliphatic rings. The highest BCUT2D eigenvalue weighted by molar-refractivity contribution is 5.85. The second kappa shape index (κ2) is 5.88. The molecule has 0 spiro atoms. The van der Waals surface area contributed by atoms with Crippen molar-refractivity contribution in [2.45, 2.75) is 24.7 Å². The number of allylic oxidation sites excluding steroid dienone is 2. The van der Waals surface area contributed by atoms with Gasteiger partial charge in [0.15, 0.2) is 0 Å². The van der Waals surface area contributed by atoms with Crippen LogP contribution < -0.4 is 5.73 Å². The van der Waals surface area contributed by atoms with Crippen LogP contribution in [-0.4, -0.2) is 0 Å². The van der Waals surface area contributed by atoms with Crippen LogP contribution in [0.4, 0.5) is 5.69 Å². The van der Waals surface area contributed by atoms with E-state index >= 15 is 0 Å². The molecule has 0 saturated carbocycles.